The molecule has 4 nitrogen and oxygen atoms in total. The maximum atomic E-state index is 13.3. The molecule has 0 fully saturated rings. The van der Waals surface area contributed by atoms with Crippen LogP contribution in [-0.2, 0) is 6.18 Å². The van der Waals surface area contributed by atoms with E-state index < -0.39 is 23.4 Å². The summed E-state index contributed by atoms with van der Waals surface area (Å²) >= 11 is 3.27. The molecule has 0 radical (unpaired) electrons. The van der Waals surface area contributed by atoms with Gasteiger partial charge in [0.2, 0.25) is 0 Å². The Hall–Kier alpha value is -2.61. The molecule has 0 spiro atoms. The fraction of sp³-hybridized carbons (Fsp3) is 0.0588. The van der Waals surface area contributed by atoms with Gasteiger partial charge in [-0.2, -0.15) is 18.3 Å². The lowest BCUT2D eigenvalue weighted by Gasteiger charge is -2.15. The van der Waals surface area contributed by atoms with E-state index in [2.05, 4.69) is 21.0 Å². The number of halogens is 4. The van der Waals surface area contributed by atoms with E-state index in [-0.39, 0.29) is 11.4 Å². The molecule has 0 aliphatic rings. The van der Waals surface area contributed by atoms with E-state index in [1.807, 2.05) is 0 Å². The summed E-state index contributed by atoms with van der Waals surface area (Å²) in [4.78, 5) is 11.1. The van der Waals surface area contributed by atoms with Crippen LogP contribution in [0, 0.1) is 0 Å². The van der Waals surface area contributed by atoms with Gasteiger partial charge in [0.05, 0.1) is 22.9 Å². The SMILES string of the molecule is O=C([O-])c1cc(-c2ccc(Br)cc2)n(-c2ccccc2C(F)(F)F)n1. The maximum absolute atomic E-state index is 13.3. The lowest BCUT2D eigenvalue weighted by molar-refractivity contribution is -0.255. The zero-order valence-electron chi connectivity index (χ0n) is 12.4. The fourth-order valence-corrected chi connectivity index (χ4v) is 2.65. The van der Waals surface area contributed by atoms with E-state index in [0.717, 1.165) is 15.2 Å². The number of nitrogens with zero attached hydrogens (tertiary/aromatic N) is 2. The molecule has 0 aliphatic heterocycles. The van der Waals surface area contributed by atoms with Crippen LogP contribution in [0.2, 0.25) is 0 Å². The Balaban J connectivity index is 2.27. The first kappa shape index (κ1) is 17.2. The van der Waals surface area contributed by atoms with Crippen LogP contribution in [0.5, 0.6) is 0 Å². The first-order chi connectivity index (χ1) is 11.8. The molecule has 0 atom stereocenters. The van der Waals surface area contributed by atoms with E-state index in [0.29, 0.717) is 5.56 Å². The number of hydrogen-bond acceptors (Lipinski definition) is 3. The number of carbonyl (C=O) groups excluding carboxylic acids is 1. The van der Waals surface area contributed by atoms with Crippen molar-refractivity contribution in [2.75, 3.05) is 0 Å². The van der Waals surface area contributed by atoms with Crippen LogP contribution in [0.1, 0.15) is 16.1 Å². The van der Waals surface area contributed by atoms with Crippen molar-refractivity contribution in [1.29, 1.82) is 0 Å². The van der Waals surface area contributed by atoms with Gasteiger partial charge in [0.15, 0.2) is 0 Å². The molecule has 0 saturated carbocycles. The number of para-hydroxylation sites is 1. The summed E-state index contributed by atoms with van der Waals surface area (Å²) in [5, 5.41) is 14.9. The number of carboxylic acids is 1. The highest BCUT2D eigenvalue weighted by molar-refractivity contribution is 9.10. The number of carbonyl (C=O) groups is 1. The van der Waals surface area contributed by atoms with Gasteiger partial charge in [0.25, 0.3) is 0 Å². The Morgan fingerprint density at radius 1 is 1.08 bits per heavy atom. The van der Waals surface area contributed by atoms with Crippen LogP contribution in [-0.4, -0.2) is 15.7 Å². The molecule has 128 valence electrons. The number of rotatable bonds is 3. The van der Waals surface area contributed by atoms with E-state index in [1.54, 1.807) is 24.3 Å². The topological polar surface area (TPSA) is 57.9 Å². The first-order valence-corrected chi connectivity index (χ1v) is 7.80. The summed E-state index contributed by atoms with van der Waals surface area (Å²) in [6.45, 7) is 0. The van der Waals surface area contributed by atoms with Gasteiger partial charge in [0.1, 0.15) is 5.69 Å². The quantitative estimate of drug-likeness (QED) is 0.662. The molecular formula is C17H9BrF3N2O2-. The minimum absolute atomic E-state index is 0.211. The lowest BCUT2D eigenvalue weighted by atomic mass is 10.1. The van der Waals surface area contributed by atoms with E-state index in [4.69, 9.17) is 0 Å². The average molecular weight is 410 g/mol. The van der Waals surface area contributed by atoms with Crippen molar-refractivity contribution in [3.05, 3.63) is 70.3 Å². The van der Waals surface area contributed by atoms with Crippen molar-refractivity contribution in [2.24, 2.45) is 0 Å². The Morgan fingerprint density at radius 2 is 1.72 bits per heavy atom. The van der Waals surface area contributed by atoms with Crippen LogP contribution in [0.3, 0.4) is 0 Å². The third-order valence-corrected chi connectivity index (χ3v) is 4.02. The van der Waals surface area contributed by atoms with Crippen molar-refractivity contribution >= 4 is 21.9 Å². The van der Waals surface area contributed by atoms with Crippen molar-refractivity contribution in [3.63, 3.8) is 0 Å². The summed E-state index contributed by atoms with van der Waals surface area (Å²) in [7, 11) is 0. The summed E-state index contributed by atoms with van der Waals surface area (Å²) in [5.74, 6) is -1.57. The van der Waals surface area contributed by atoms with E-state index >= 15 is 0 Å². The Bertz CT molecular complexity index is 934. The van der Waals surface area contributed by atoms with Crippen molar-refractivity contribution in [2.45, 2.75) is 6.18 Å². The molecule has 25 heavy (non-hydrogen) atoms. The molecule has 3 aromatic rings. The molecule has 0 unspecified atom stereocenters. The van der Waals surface area contributed by atoms with Crippen molar-refractivity contribution in [3.8, 4) is 16.9 Å². The molecule has 1 heterocycles. The third kappa shape index (κ3) is 3.43. The molecular weight excluding hydrogens is 401 g/mol. The molecule has 2 aromatic carbocycles. The molecule has 8 heteroatoms. The fourth-order valence-electron chi connectivity index (χ4n) is 2.39. The minimum atomic E-state index is -4.61. The predicted molar refractivity (Wildman–Crippen MR) is 86.0 cm³/mol. The molecule has 3 rings (SSSR count). The van der Waals surface area contributed by atoms with Gasteiger partial charge < -0.3 is 9.90 Å². The highest BCUT2D eigenvalue weighted by Crippen LogP contribution is 2.35. The molecule has 0 aliphatic carbocycles. The Kier molecular flexibility index (Phi) is 4.38. The second kappa shape index (κ2) is 6.36. The van der Waals surface area contributed by atoms with Crippen LogP contribution in [0.15, 0.2) is 59.1 Å². The number of benzene rings is 2. The van der Waals surface area contributed by atoms with Crippen LogP contribution in [0.4, 0.5) is 13.2 Å². The minimum Gasteiger partial charge on any atom is -0.543 e. The summed E-state index contributed by atoms with van der Waals surface area (Å²) in [6.07, 6.45) is -4.61. The molecule has 0 bridgehead atoms. The smallest absolute Gasteiger partial charge is 0.418 e. The molecule has 0 saturated heterocycles. The molecule has 0 N–H and O–H groups in total. The lowest BCUT2D eigenvalue weighted by Crippen LogP contribution is -2.23. The summed E-state index contributed by atoms with van der Waals surface area (Å²) in [5.41, 5.74) is -0.903. The van der Waals surface area contributed by atoms with E-state index in [9.17, 15) is 23.1 Å². The predicted octanol–water partition coefficient (Wildman–Crippen LogP) is 3.68. The standard InChI is InChI=1S/C17H10BrF3N2O2/c18-11-7-5-10(6-8-11)15-9-13(16(24)25)22-23(15)14-4-2-1-3-12(14)17(19,20)21/h1-9H,(H,24,25)/p-1. The summed E-state index contributed by atoms with van der Waals surface area (Å²) < 4.78 is 41.7. The summed E-state index contributed by atoms with van der Waals surface area (Å²) in [6, 6.07) is 12.7. The van der Waals surface area contributed by atoms with Crippen LogP contribution in [0.25, 0.3) is 16.9 Å². The number of hydrogen-bond donors (Lipinski definition) is 0. The van der Waals surface area contributed by atoms with Gasteiger partial charge in [-0.1, -0.05) is 40.2 Å². The van der Waals surface area contributed by atoms with Gasteiger partial charge in [-0.05, 0) is 30.3 Å². The molecule has 0 amide bonds. The van der Waals surface area contributed by atoms with Gasteiger partial charge in [0, 0.05) is 10.0 Å². The third-order valence-electron chi connectivity index (χ3n) is 3.50. The Morgan fingerprint density at radius 3 is 2.32 bits per heavy atom. The second-order valence-corrected chi connectivity index (χ2v) is 6.05. The number of aromatic nitrogens is 2. The average Bonchev–Trinajstić information content (AvgIpc) is 3.00. The number of alkyl halides is 3. The van der Waals surface area contributed by atoms with Crippen LogP contribution < -0.4 is 5.11 Å². The largest absolute Gasteiger partial charge is 0.543 e. The first-order valence-electron chi connectivity index (χ1n) is 7.01. The van der Waals surface area contributed by atoms with Gasteiger partial charge >= 0.3 is 6.18 Å². The highest BCUT2D eigenvalue weighted by Gasteiger charge is 2.34. The second-order valence-electron chi connectivity index (χ2n) is 5.14. The molecule has 1 aromatic heterocycles. The van der Waals surface area contributed by atoms with Crippen LogP contribution >= 0.6 is 15.9 Å². The maximum Gasteiger partial charge on any atom is 0.418 e. The van der Waals surface area contributed by atoms with Gasteiger partial charge in [-0.3, -0.25) is 0 Å². The highest BCUT2D eigenvalue weighted by atomic mass is 79.9. The van der Waals surface area contributed by atoms with Gasteiger partial charge in [-0.15, -0.1) is 0 Å². The van der Waals surface area contributed by atoms with Crippen molar-refractivity contribution in [1.82, 2.24) is 9.78 Å². The van der Waals surface area contributed by atoms with Gasteiger partial charge in [-0.25, -0.2) is 4.68 Å². The number of carboxylic acid groups (broad SMARTS) is 1. The van der Waals surface area contributed by atoms with E-state index in [1.165, 1.54) is 24.3 Å². The zero-order valence-corrected chi connectivity index (χ0v) is 14.0. The monoisotopic (exact) mass is 409 g/mol. The number of aromatic carboxylic acids is 1. The normalized spacial score (nSPS) is 11.5. The Labute approximate surface area is 148 Å². The zero-order chi connectivity index (χ0) is 18.2. The van der Waals surface area contributed by atoms with Crippen molar-refractivity contribution < 1.29 is 23.1 Å².